The van der Waals surface area contributed by atoms with Gasteiger partial charge in [-0.3, -0.25) is 4.79 Å². The zero-order valence-electron chi connectivity index (χ0n) is 21.8. The van der Waals surface area contributed by atoms with Crippen LogP contribution < -0.4 is 0 Å². The molecular weight excluding hydrogens is 434 g/mol. The fourth-order valence-corrected chi connectivity index (χ4v) is 6.94. The number of rotatable bonds is 6. The van der Waals surface area contributed by atoms with Crippen LogP contribution in [-0.4, -0.2) is 21.0 Å². The van der Waals surface area contributed by atoms with Gasteiger partial charge in [0.1, 0.15) is 12.3 Å². The Kier molecular flexibility index (Phi) is 6.23. The summed E-state index contributed by atoms with van der Waals surface area (Å²) in [7, 11) is 0. The molecule has 2 unspecified atom stereocenters. The highest BCUT2D eigenvalue weighted by atomic mass is 16.5. The Morgan fingerprint density at radius 1 is 1.17 bits per heavy atom. The van der Waals surface area contributed by atoms with Gasteiger partial charge >= 0.3 is 5.97 Å². The highest BCUT2D eigenvalue weighted by Crippen LogP contribution is 2.57. The molecule has 1 fully saturated rings. The van der Waals surface area contributed by atoms with E-state index in [9.17, 15) is 4.79 Å². The first kappa shape index (κ1) is 24.0. The zero-order chi connectivity index (χ0) is 24.8. The number of fused-ring (bicyclic) bond motifs is 3. The van der Waals surface area contributed by atoms with Crippen molar-refractivity contribution in [3.63, 3.8) is 0 Å². The summed E-state index contributed by atoms with van der Waals surface area (Å²) in [5.41, 5.74) is 4.56. The van der Waals surface area contributed by atoms with E-state index in [4.69, 9.17) is 4.74 Å². The standard InChI is InChI=1S/C30H39N3O2/c1-20(2)23-11-13-26-24(17-23)12-14-27-29(26,4)15-8-16-30(27,5)28(34)35-19-25-18-33(32-31-25)21(3)22-9-6-7-10-22/h6-7,9-11,13,17-18,20-22,27H,8,12,14-16,19H2,1-5H3/t21?,27?,29-,30-/m1/s1. The average Bonchev–Trinajstić information content (AvgIpc) is 3.54. The molecule has 5 nitrogen and oxygen atoms in total. The predicted octanol–water partition coefficient (Wildman–Crippen LogP) is 6.46. The molecule has 5 rings (SSSR count). The minimum Gasteiger partial charge on any atom is -0.459 e. The van der Waals surface area contributed by atoms with Gasteiger partial charge in [0.2, 0.25) is 0 Å². The molecule has 0 saturated heterocycles. The summed E-state index contributed by atoms with van der Waals surface area (Å²) < 4.78 is 7.81. The monoisotopic (exact) mass is 473 g/mol. The summed E-state index contributed by atoms with van der Waals surface area (Å²) in [6.45, 7) is 11.3. The van der Waals surface area contributed by atoms with E-state index in [0.717, 1.165) is 32.1 Å². The third kappa shape index (κ3) is 4.17. The van der Waals surface area contributed by atoms with Crippen molar-refractivity contribution in [3.8, 4) is 0 Å². The quantitative estimate of drug-likeness (QED) is 0.452. The number of nitrogens with zero attached hydrogens (tertiary/aromatic N) is 3. The summed E-state index contributed by atoms with van der Waals surface area (Å²) in [6.07, 6.45) is 15.5. The lowest BCUT2D eigenvalue weighted by atomic mass is 9.49. The molecular formula is C30H39N3O2. The number of esters is 1. The van der Waals surface area contributed by atoms with Crippen molar-refractivity contribution in [2.45, 2.75) is 90.7 Å². The molecule has 0 N–H and O–H groups in total. The lowest BCUT2D eigenvalue weighted by molar-refractivity contribution is -0.166. The van der Waals surface area contributed by atoms with Crippen LogP contribution in [0.3, 0.4) is 0 Å². The van der Waals surface area contributed by atoms with Crippen LogP contribution in [0, 0.1) is 17.3 Å². The Hall–Kier alpha value is -2.69. The third-order valence-electron chi connectivity index (χ3n) is 9.17. The van der Waals surface area contributed by atoms with Crippen LogP contribution in [0.15, 0.2) is 48.7 Å². The number of ether oxygens (including phenoxy) is 1. The van der Waals surface area contributed by atoms with Crippen LogP contribution in [0.5, 0.6) is 0 Å². The van der Waals surface area contributed by atoms with Gasteiger partial charge in [0.05, 0.1) is 17.7 Å². The van der Waals surface area contributed by atoms with E-state index in [1.54, 1.807) is 0 Å². The molecule has 2 aromatic rings. The molecule has 3 aliphatic carbocycles. The van der Waals surface area contributed by atoms with E-state index in [-0.39, 0.29) is 30.0 Å². The van der Waals surface area contributed by atoms with Crippen molar-refractivity contribution in [1.82, 2.24) is 15.0 Å². The molecule has 1 aromatic carbocycles. The van der Waals surface area contributed by atoms with Gasteiger partial charge in [-0.1, -0.05) is 74.9 Å². The molecule has 5 heteroatoms. The summed E-state index contributed by atoms with van der Waals surface area (Å²) in [5.74, 6) is 1.05. The molecule has 1 heterocycles. The van der Waals surface area contributed by atoms with Crippen LogP contribution in [0.1, 0.15) is 94.6 Å². The fraction of sp³-hybridized carbons (Fsp3) is 0.567. The molecule has 35 heavy (non-hydrogen) atoms. The van der Waals surface area contributed by atoms with Gasteiger partial charge in [-0.05, 0) is 73.5 Å². The second kappa shape index (κ2) is 9.07. The minimum absolute atomic E-state index is 0.00992. The predicted molar refractivity (Wildman–Crippen MR) is 138 cm³/mol. The molecule has 0 amide bonds. The highest BCUT2D eigenvalue weighted by Gasteiger charge is 2.55. The Balaban J connectivity index is 1.30. The van der Waals surface area contributed by atoms with Gasteiger partial charge in [-0.25, -0.2) is 4.68 Å². The summed E-state index contributed by atoms with van der Waals surface area (Å²) in [5, 5.41) is 8.58. The van der Waals surface area contributed by atoms with Gasteiger partial charge in [0.15, 0.2) is 0 Å². The number of carbonyl (C=O) groups is 1. The zero-order valence-corrected chi connectivity index (χ0v) is 21.8. The first-order valence-corrected chi connectivity index (χ1v) is 13.3. The Labute approximate surface area is 209 Å². The lowest BCUT2D eigenvalue weighted by Gasteiger charge is -2.54. The Morgan fingerprint density at radius 3 is 2.69 bits per heavy atom. The van der Waals surface area contributed by atoms with E-state index in [2.05, 4.69) is 87.4 Å². The summed E-state index contributed by atoms with van der Waals surface area (Å²) in [6, 6.07) is 7.23. The Bertz CT molecular complexity index is 1150. The van der Waals surface area contributed by atoms with Gasteiger partial charge in [0.25, 0.3) is 0 Å². The third-order valence-corrected chi connectivity index (χ3v) is 9.17. The molecule has 1 aromatic heterocycles. The second-order valence-electron chi connectivity index (χ2n) is 11.7. The van der Waals surface area contributed by atoms with E-state index < -0.39 is 5.41 Å². The van der Waals surface area contributed by atoms with E-state index >= 15 is 0 Å². The molecule has 0 radical (unpaired) electrons. The van der Waals surface area contributed by atoms with E-state index in [1.807, 2.05) is 10.9 Å². The SMILES string of the molecule is CC(C)c1ccc2c(c1)CCC1[C@](C)(C(=O)OCc3cn(C(C)C4C=CC=C4)nn3)CCC[C@]21C. The van der Waals surface area contributed by atoms with Crippen molar-refractivity contribution >= 4 is 5.97 Å². The van der Waals surface area contributed by atoms with Crippen molar-refractivity contribution in [2.24, 2.45) is 17.3 Å². The summed E-state index contributed by atoms with van der Waals surface area (Å²) >= 11 is 0. The van der Waals surface area contributed by atoms with Crippen LogP contribution in [0.4, 0.5) is 0 Å². The van der Waals surface area contributed by atoms with Crippen LogP contribution in [0.2, 0.25) is 0 Å². The van der Waals surface area contributed by atoms with Crippen LogP contribution in [-0.2, 0) is 28.0 Å². The van der Waals surface area contributed by atoms with Gasteiger partial charge < -0.3 is 4.74 Å². The molecule has 4 atom stereocenters. The van der Waals surface area contributed by atoms with Crippen molar-refractivity contribution in [2.75, 3.05) is 0 Å². The minimum atomic E-state index is -0.482. The average molecular weight is 474 g/mol. The number of benzene rings is 1. The number of allylic oxidation sites excluding steroid dienone is 4. The molecule has 0 aliphatic heterocycles. The van der Waals surface area contributed by atoms with Gasteiger partial charge in [0, 0.05) is 5.92 Å². The Morgan fingerprint density at radius 2 is 1.94 bits per heavy atom. The fourth-order valence-electron chi connectivity index (χ4n) is 6.94. The number of aromatic nitrogens is 3. The maximum Gasteiger partial charge on any atom is 0.312 e. The highest BCUT2D eigenvalue weighted by molar-refractivity contribution is 5.77. The van der Waals surface area contributed by atoms with E-state index in [0.29, 0.717) is 17.5 Å². The van der Waals surface area contributed by atoms with E-state index in [1.165, 1.54) is 16.7 Å². The largest absolute Gasteiger partial charge is 0.459 e. The van der Waals surface area contributed by atoms with Gasteiger partial charge in [-0.15, -0.1) is 5.10 Å². The van der Waals surface area contributed by atoms with Crippen LogP contribution >= 0.6 is 0 Å². The molecule has 0 spiro atoms. The first-order chi connectivity index (χ1) is 16.7. The van der Waals surface area contributed by atoms with Crippen molar-refractivity contribution in [3.05, 3.63) is 71.1 Å². The number of aryl methyl sites for hydroxylation is 1. The lowest BCUT2D eigenvalue weighted by Crippen LogP contribution is -2.52. The van der Waals surface area contributed by atoms with Crippen molar-refractivity contribution < 1.29 is 9.53 Å². The maximum atomic E-state index is 13.6. The van der Waals surface area contributed by atoms with Gasteiger partial charge in [-0.2, -0.15) is 0 Å². The molecule has 0 bridgehead atoms. The maximum absolute atomic E-state index is 13.6. The number of carbonyl (C=O) groups excluding carboxylic acids is 1. The molecule has 186 valence electrons. The second-order valence-corrected chi connectivity index (χ2v) is 11.7. The molecule has 3 aliphatic rings. The van der Waals surface area contributed by atoms with Crippen LogP contribution in [0.25, 0.3) is 0 Å². The summed E-state index contributed by atoms with van der Waals surface area (Å²) in [4.78, 5) is 13.6. The normalized spacial score (nSPS) is 28.7. The molecule has 1 saturated carbocycles. The number of hydrogen-bond acceptors (Lipinski definition) is 4. The topological polar surface area (TPSA) is 57.0 Å². The number of hydrogen-bond donors (Lipinski definition) is 0. The smallest absolute Gasteiger partial charge is 0.312 e. The van der Waals surface area contributed by atoms with Crippen molar-refractivity contribution in [1.29, 1.82) is 0 Å². The first-order valence-electron chi connectivity index (χ1n) is 13.3.